The highest BCUT2D eigenvalue weighted by Crippen LogP contribution is 2.09. The molecule has 0 radical (unpaired) electrons. The van der Waals surface area contributed by atoms with E-state index in [1.165, 1.54) is 0 Å². The lowest BCUT2D eigenvalue weighted by Gasteiger charge is -2.25. The van der Waals surface area contributed by atoms with E-state index in [-0.39, 0.29) is 18.6 Å². The molecule has 1 amide bonds. The Kier molecular flexibility index (Phi) is 6.60. The fourth-order valence-corrected chi connectivity index (χ4v) is 2.40. The molecule has 3 N–H and O–H groups in total. The lowest BCUT2D eigenvalue weighted by atomic mass is 10.0. The quantitative estimate of drug-likeness (QED) is 0.721. The molecule has 5 nitrogen and oxygen atoms in total. The molecule has 0 aromatic rings. The molecule has 5 heteroatoms. The number of nitrogens with two attached hydrogens (primary N) is 1. The van der Waals surface area contributed by atoms with Gasteiger partial charge in [-0.05, 0) is 25.3 Å². The Balaban J connectivity index is 2.44. The van der Waals surface area contributed by atoms with Gasteiger partial charge in [0.05, 0.1) is 12.6 Å². The summed E-state index contributed by atoms with van der Waals surface area (Å²) in [6.45, 7) is 8.33. The zero-order chi connectivity index (χ0) is 13.5. The van der Waals surface area contributed by atoms with E-state index in [0.717, 1.165) is 39.0 Å². The van der Waals surface area contributed by atoms with Gasteiger partial charge in [-0.2, -0.15) is 0 Å². The largest absolute Gasteiger partial charge is 0.395 e. The Labute approximate surface area is 110 Å². The molecule has 0 aliphatic carbocycles. The van der Waals surface area contributed by atoms with Gasteiger partial charge in [0.25, 0.3) is 0 Å². The van der Waals surface area contributed by atoms with Crippen molar-refractivity contribution >= 4 is 5.91 Å². The first-order chi connectivity index (χ1) is 8.54. The molecule has 1 rings (SSSR count). The Bertz CT molecular complexity index is 259. The predicted molar refractivity (Wildman–Crippen MR) is 72.2 cm³/mol. The SMILES string of the molecule is CC(C)CC(N)C(=O)N1CCCN(CCO)CC1. The van der Waals surface area contributed by atoms with E-state index in [1.54, 1.807) is 0 Å². The van der Waals surface area contributed by atoms with Crippen LogP contribution in [0.5, 0.6) is 0 Å². The van der Waals surface area contributed by atoms with Crippen molar-refractivity contribution < 1.29 is 9.90 Å². The molecule has 0 spiro atoms. The van der Waals surface area contributed by atoms with Crippen LogP contribution >= 0.6 is 0 Å². The fraction of sp³-hybridized carbons (Fsp3) is 0.923. The van der Waals surface area contributed by atoms with Gasteiger partial charge >= 0.3 is 0 Å². The topological polar surface area (TPSA) is 69.8 Å². The minimum Gasteiger partial charge on any atom is -0.395 e. The van der Waals surface area contributed by atoms with Crippen LogP contribution < -0.4 is 5.73 Å². The summed E-state index contributed by atoms with van der Waals surface area (Å²) in [4.78, 5) is 16.3. The van der Waals surface area contributed by atoms with Gasteiger partial charge < -0.3 is 15.7 Å². The summed E-state index contributed by atoms with van der Waals surface area (Å²) in [7, 11) is 0. The third-order valence-corrected chi connectivity index (χ3v) is 3.36. The van der Waals surface area contributed by atoms with Crippen LogP contribution in [-0.2, 0) is 4.79 Å². The summed E-state index contributed by atoms with van der Waals surface area (Å²) >= 11 is 0. The zero-order valence-corrected chi connectivity index (χ0v) is 11.6. The minimum atomic E-state index is -0.366. The number of aliphatic hydroxyl groups excluding tert-OH is 1. The molecule has 1 fully saturated rings. The highest BCUT2D eigenvalue weighted by Gasteiger charge is 2.23. The number of amides is 1. The Morgan fingerprint density at radius 2 is 2.00 bits per heavy atom. The molecule has 0 aromatic heterocycles. The van der Waals surface area contributed by atoms with Gasteiger partial charge in [-0.1, -0.05) is 13.8 Å². The Morgan fingerprint density at radius 1 is 1.28 bits per heavy atom. The summed E-state index contributed by atoms with van der Waals surface area (Å²) < 4.78 is 0. The first kappa shape index (κ1) is 15.4. The summed E-state index contributed by atoms with van der Waals surface area (Å²) in [6, 6.07) is -0.366. The van der Waals surface area contributed by atoms with Crippen molar-refractivity contribution in [3.63, 3.8) is 0 Å². The van der Waals surface area contributed by atoms with Crippen molar-refractivity contribution in [3.8, 4) is 0 Å². The second-order valence-corrected chi connectivity index (χ2v) is 5.48. The van der Waals surface area contributed by atoms with Gasteiger partial charge in [-0.25, -0.2) is 0 Å². The molecule has 0 aromatic carbocycles. The van der Waals surface area contributed by atoms with Gasteiger partial charge in [0.1, 0.15) is 0 Å². The van der Waals surface area contributed by atoms with Gasteiger partial charge in [0.2, 0.25) is 5.91 Å². The van der Waals surface area contributed by atoms with Crippen LogP contribution in [-0.4, -0.2) is 66.2 Å². The maximum absolute atomic E-state index is 12.2. The molecule has 0 saturated carbocycles. The van der Waals surface area contributed by atoms with Crippen molar-refractivity contribution in [3.05, 3.63) is 0 Å². The van der Waals surface area contributed by atoms with Crippen LogP contribution in [0.2, 0.25) is 0 Å². The second-order valence-electron chi connectivity index (χ2n) is 5.48. The van der Waals surface area contributed by atoms with Crippen LogP contribution in [0.4, 0.5) is 0 Å². The van der Waals surface area contributed by atoms with Crippen molar-refractivity contribution in [1.82, 2.24) is 9.80 Å². The minimum absolute atomic E-state index is 0.0783. The second kappa shape index (κ2) is 7.71. The normalized spacial score (nSPS) is 19.9. The van der Waals surface area contributed by atoms with Gasteiger partial charge in [-0.15, -0.1) is 0 Å². The summed E-state index contributed by atoms with van der Waals surface area (Å²) in [5.41, 5.74) is 5.95. The predicted octanol–water partition coefficient (Wildman–Crippen LogP) is -0.114. The average Bonchev–Trinajstić information content (AvgIpc) is 2.53. The maximum atomic E-state index is 12.2. The summed E-state index contributed by atoms with van der Waals surface area (Å²) in [6.07, 6.45) is 1.70. The highest BCUT2D eigenvalue weighted by molar-refractivity contribution is 5.81. The number of nitrogens with zero attached hydrogens (tertiary/aromatic N) is 2. The third-order valence-electron chi connectivity index (χ3n) is 3.36. The van der Waals surface area contributed by atoms with E-state index in [2.05, 4.69) is 18.7 Å². The highest BCUT2D eigenvalue weighted by atomic mass is 16.3. The number of carbonyl (C=O) groups is 1. The third kappa shape index (κ3) is 4.92. The molecular weight excluding hydrogens is 230 g/mol. The van der Waals surface area contributed by atoms with Crippen molar-refractivity contribution in [1.29, 1.82) is 0 Å². The average molecular weight is 257 g/mol. The van der Waals surface area contributed by atoms with Crippen molar-refractivity contribution in [2.45, 2.75) is 32.7 Å². The Hall–Kier alpha value is -0.650. The van der Waals surface area contributed by atoms with Crippen LogP contribution in [0.25, 0.3) is 0 Å². The van der Waals surface area contributed by atoms with E-state index in [1.807, 2.05) is 4.90 Å². The van der Waals surface area contributed by atoms with Crippen molar-refractivity contribution in [2.75, 3.05) is 39.3 Å². The van der Waals surface area contributed by atoms with Gasteiger partial charge in [-0.3, -0.25) is 9.69 Å². The standard InChI is InChI=1S/C13H27N3O2/c1-11(2)10-12(14)13(18)16-5-3-4-15(6-7-16)8-9-17/h11-12,17H,3-10,14H2,1-2H3. The van der Waals surface area contributed by atoms with Gasteiger partial charge in [0, 0.05) is 26.2 Å². The lowest BCUT2D eigenvalue weighted by Crippen LogP contribution is -2.45. The zero-order valence-electron chi connectivity index (χ0n) is 11.6. The smallest absolute Gasteiger partial charge is 0.239 e. The van der Waals surface area contributed by atoms with E-state index >= 15 is 0 Å². The first-order valence-electron chi connectivity index (χ1n) is 6.92. The number of hydrogen-bond acceptors (Lipinski definition) is 4. The molecule has 1 atom stereocenters. The number of hydrogen-bond donors (Lipinski definition) is 2. The van der Waals surface area contributed by atoms with E-state index < -0.39 is 0 Å². The molecule has 106 valence electrons. The molecular formula is C13H27N3O2. The first-order valence-corrected chi connectivity index (χ1v) is 6.92. The van der Waals surface area contributed by atoms with Crippen LogP contribution in [0.1, 0.15) is 26.7 Å². The molecule has 1 aliphatic heterocycles. The van der Waals surface area contributed by atoms with Crippen molar-refractivity contribution in [2.24, 2.45) is 11.7 Å². The fourth-order valence-electron chi connectivity index (χ4n) is 2.40. The van der Waals surface area contributed by atoms with Crippen LogP contribution in [0, 0.1) is 5.92 Å². The van der Waals surface area contributed by atoms with E-state index in [0.29, 0.717) is 12.5 Å². The Morgan fingerprint density at radius 3 is 2.61 bits per heavy atom. The van der Waals surface area contributed by atoms with Crippen LogP contribution in [0.3, 0.4) is 0 Å². The summed E-state index contributed by atoms with van der Waals surface area (Å²) in [5.74, 6) is 0.524. The number of carbonyl (C=O) groups excluding carboxylic acids is 1. The molecule has 0 bridgehead atoms. The lowest BCUT2D eigenvalue weighted by molar-refractivity contribution is -0.132. The molecule has 1 aliphatic rings. The summed E-state index contributed by atoms with van der Waals surface area (Å²) in [5, 5.41) is 8.93. The number of rotatable bonds is 5. The monoisotopic (exact) mass is 257 g/mol. The number of aliphatic hydroxyl groups is 1. The molecule has 1 unspecified atom stereocenters. The molecule has 1 saturated heterocycles. The number of β-amino-alcohol motifs (C(OH)–C–C–N with tert-alkyl or cyclic N) is 1. The molecule has 1 heterocycles. The maximum Gasteiger partial charge on any atom is 0.239 e. The van der Waals surface area contributed by atoms with Crippen LogP contribution in [0.15, 0.2) is 0 Å². The van der Waals surface area contributed by atoms with E-state index in [4.69, 9.17) is 10.8 Å². The van der Waals surface area contributed by atoms with E-state index in [9.17, 15) is 4.79 Å². The van der Waals surface area contributed by atoms with Gasteiger partial charge in [0.15, 0.2) is 0 Å². The molecule has 18 heavy (non-hydrogen) atoms.